The van der Waals surface area contributed by atoms with Gasteiger partial charge in [0.25, 0.3) is 11.6 Å². The lowest BCUT2D eigenvalue weighted by atomic mass is 10.1. The maximum Gasteiger partial charge on any atom is 0.270 e. The molecule has 2 heterocycles. The van der Waals surface area contributed by atoms with Crippen molar-refractivity contribution in [1.29, 1.82) is 0 Å². The Bertz CT molecular complexity index is 1640. The van der Waals surface area contributed by atoms with Crippen LogP contribution in [0, 0.1) is 17.0 Å². The van der Waals surface area contributed by atoms with E-state index < -0.39 is 4.92 Å². The van der Waals surface area contributed by atoms with E-state index in [1.54, 1.807) is 42.6 Å². The molecule has 5 rings (SSSR count). The van der Waals surface area contributed by atoms with Crippen LogP contribution in [0.25, 0.3) is 10.9 Å². The largest absolute Gasteiger partial charge is 0.368 e. The third kappa shape index (κ3) is 5.68. The number of nitrogens with two attached hydrogens (primary N) is 1. The van der Waals surface area contributed by atoms with E-state index in [4.69, 9.17) is 5.73 Å². The number of carbonyl (C=O) groups excluding carboxylic acids is 1. The molecular formula is C27H21N7O3S. The molecule has 4 N–H and O–H groups in total. The van der Waals surface area contributed by atoms with Crippen molar-refractivity contribution in [2.75, 3.05) is 16.4 Å². The Balaban J connectivity index is 1.25. The summed E-state index contributed by atoms with van der Waals surface area (Å²) in [7, 11) is 0. The summed E-state index contributed by atoms with van der Waals surface area (Å²) < 4.78 is 0. The number of nitrogen functional groups attached to an aromatic ring is 1. The zero-order chi connectivity index (χ0) is 26.6. The zero-order valence-corrected chi connectivity index (χ0v) is 20.9. The van der Waals surface area contributed by atoms with Crippen LogP contribution in [0.5, 0.6) is 0 Å². The van der Waals surface area contributed by atoms with Gasteiger partial charge in [-0.05, 0) is 73.7 Å². The lowest BCUT2D eigenvalue weighted by molar-refractivity contribution is -0.384. The minimum Gasteiger partial charge on any atom is -0.368 e. The first-order valence-corrected chi connectivity index (χ1v) is 12.3. The molecular weight excluding hydrogens is 502 g/mol. The summed E-state index contributed by atoms with van der Waals surface area (Å²) in [5.41, 5.74) is 9.68. The molecule has 0 atom stereocenters. The van der Waals surface area contributed by atoms with Gasteiger partial charge in [-0.15, -0.1) is 0 Å². The molecule has 0 radical (unpaired) electrons. The maximum atomic E-state index is 12.8. The summed E-state index contributed by atoms with van der Waals surface area (Å²) in [5, 5.41) is 18.7. The second-order valence-electron chi connectivity index (χ2n) is 8.31. The molecule has 11 heteroatoms. The highest BCUT2D eigenvalue weighted by atomic mass is 32.2. The minimum absolute atomic E-state index is 0.0129. The number of fused-ring (bicyclic) bond motifs is 1. The van der Waals surface area contributed by atoms with E-state index in [2.05, 4.69) is 25.6 Å². The van der Waals surface area contributed by atoms with Gasteiger partial charge in [-0.3, -0.25) is 19.9 Å². The van der Waals surface area contributed by atoms with Gasteiger partial charge in [0.1, 0.15) is 5.03 Å². The molecule has 0 spiro atoms. The molecule has 38 heavy (non-hydrogen) atoms. The molecule has 1 amide bonds. The van der Waals surface area contributed by atoms with Crippen LogP contribution in [0.4, 0.5) is 28.7 Å². The average molecular weight is 524 g/mol. The molecule has 0 aliphatic carbocycles. The number of pyridine rings is 1. The highest BCUT2D eigenvalue weighted by Crippen LogP contribution is 2.29. The predicted molar refractivity (Wildman–Crippen MR) is 148 cm³/mol. The molecule has 10 nitrogen and oxygen atoms in total. The van der Waals surface area contributed by atoms with Crippen LogP contribution in [0.15, 0.2) is 95.0 Å². The normalized spacial score (nSPS) is 10.8. The lowest BCUT2D eigenvalue weighted by Crippen LogP contribution is -2.11. The molecule has 0 aliphatic heterocycles. The predicted octanol–water partition coefficient (Wildman–Crippen LogP) is 5.97. The average Bonchev–Trinajstić information content (AvgIpc) is 2.89. The third-order valence-electron chi connectivity index (χ3n) is 5.54. The van der Waals surface area contributed by atoms with Crippen LogP contribution in [-0.4, -0.2) is 25.8 Å². The highest BCUT2D eigenvalue weighted by Gasteiger charge is 2.11. The summed E-state index contributed by atoms with van der Waals surface area (Å²) in [6.07, 6.45) is 1.63. The maximum absolute atomic E-state index is 12.8. The molecule has 2 aromatic heterocycles. The molecule has 0 fully saturated rings. The Kier molecular flexibility index (Phi) is 6.83. The number of nitro benzene ring substituents is 1. The number of anilines is 4. The van der Waals surface area contributed by atoms with Crippen molar-refractivity contribution in [2.45, 2.75) is 16.8 Å². The summed E-state index contributed by atoms with van der Waals surface area (Å²) in [5.74, 6) is -0.0168. The van der Waals surface area contributed by atoms with Crippen molar-refractivity contribution in [3.8, 4) is 0 Å². The van der Waals surface area contributed by atoms with E-state index in [0.29, 0.717) is 27.8 Å². The van der Waals surface area contributed by atoms with Crippen molar-refractivity contribution < 1.29 is 9.72 Å². The highest BCUT2D eigenvalue weighted by molar-refractivity contribution is 7.99. The van der Waals surface area contributed by atoms with E-state index in [9.17, 15) is 14.9 Å². The van der Waals surface area contributed by atoms with Crippen LogP contribution in [0.3, 0.4) is 0 Å². The summed E-state index contributed by atoms with van der Waals surface area (Å²) in [6, 6.07) is 22.5. The number of rotatable bonds is 7. The fourth-order valence-electron chi connectivity index (χ4n) is 3.76. The number of aryl methyl sites for hydroxylation is 1. The van der Waals surface area contributed by atoms with E-state index >= 15 is 0 Å². The molecule has 0 saturated heterocycles. The van der Waals surface area contributed by atoms with Gasteiger partial charge in [-0.2, -0.15) is 0 Å². The number of nitrogens with zero attached hydrogens (tertiary/aromatic N) is 4. The van der Waals surface area contributed by atoms with Crippen molar-refractivity contribution in [3.05, 3.63) is 106 Å². The summed E-state index contributed by atoms with van der Waals surface area (Å²) in [6.45, 7) is 1.86. The molecule has 0 aliphatic rings. The first-order valence-electron chi connectivity index (χ1n) is 11.4. The quantitative estimate of drug-likeness (QED) is 0.133. The summed E-state index contributed by atoms with van der Waals surface area (Å²) >= 11 is 1.46. The Hall–Kier alpha value is -5.03. The van der Waals surface area contributed by atoms with Gasteiger partial charge in [0.15, 0.2) is 0 Å². The fourth-order valence-corrected chi connectivity index (χ4v) is 4.64. The van der Waals surface area contributed by atoms with Crippen molar-refractivity contribution in [1.82, 2.24) is 15.0 Å². The second kappa shape index (κ2) is 10.5. The van der Waals surface area contributed by atoms with Crippen molar-refractivity contribution >= 4 is 57.3 Å². The van der Waals surface area contributed by atoms with Crippen LogP contribution in [0.1, 0.15) is 16.1 Å². The van der Waals surface area contributed by atoms with Gasteiger partial charge in [-0.25, -0.2) is 9.97 Å². The Morgan fingerprint density at radius 3 is 2.39 bits per heavy atom. The van der Waals surface area contributed by atoms with E-state index in [1.165, 1.54) is 23.9 Å². The van der Waals surface area contributed by atoms with Gasteiger partial charge in [0.05, 0.1) is 10.4 Å². The third-order valence-corrected chi connectivity index (χ3v) is 6.47. The molecule has 0 bridgehead atoms. The topological polar surface area (TPSA) is 149 Å². The van der Waals surface area contributed by atoms with Gasteiger partial charge in [0, 0.05) is 56.9 Å². The lowest BCUT2D eigenvalue weighted by Gasteiger charge is -2.11. The van der Waals surface area contributed by atoms with Crippen molar-refractivity contribution in [2.24, 2.45) is 0 Å². The molecule has 0 saturated carbocycles. The summed E-state index contributed by atoms with van der Waals surface area (Å²) in [4.78, 5) is 37.0. The number of benzene rings is 3. The number of hydrogen-bond donors (Lipinski definition) is 3. The molecule has 3 aromatic carbocycles. The van der Waals surface area contributed by atoms with Crippen LogP contribution >= 0.6 is 11.8 Å². The monoisotopic (exact) mass is 523 g/mol. The van der Waals surface area contributed by atoms with Crippen LogP contribution < -0.4 is 16.4 Å². The van der Waals surface area contributed by atoms with E-state index in [0.717, 1.165) is 21.3 Å². The SMILES string of the molecule is Cc1cc(Sc2ccc(NC(=O)c3ccc(Nc4ccnc5ccc([N+](=O)[O-])cc45)cc3)cc2)nc(N)n1. The molecule has 5 aromatic rings. The fraction of sp³-hybridized carbons (Fsp3) is 0.0370. The van der Waals surface area contributed by atoms with Crippen LogP contribution in [-0.2, 0) is 0 Å². The minimum atomic E-state index is -0.439. The van der Waals surface area contributed by atoms with Crippen LogP contribution in [0.2, 0.25) is 0 Å². The van der Waals surface area contributed by atoms with Gasteiger partial charge in [-0.1, -0.05) is 11.8 Å². The first-order chi connectivity index (χ1) is 18.3. The number of hydrogen-bond acceptors (Lipinski definition) is 9. The first kappa shape index (κ1) is 24.7. The molecule has 188 valence electrons. The number of carbonyl (C=O) groups is 1. The number of nitrogens with one attached hydrogen (secondary N) is 2. The number of amides is 1. The Morgan fingerprint density at radius 2 is 1.68 bits per heavy atom. The smallest absolute Gasteiger partial charge is 0.270 e. The zero-order valence-electron chi connectivity index (χ0n) is 20.1. The molecule has 0 unspecified atom stereocenters. The van der Waals surface area contributed by atoms with E-state index in [1.807, 2.05) is 37.3 Å². The van der Waals surface area contributed by atoms with Gasteiger partial charge in [0.2, 0.25) is 5.95 Å². The van der Waals surface area contributed by atoms with E-state index in [-0.39, 0.29) is 17.5 Å². The number of nitro groups is 1. The Morgan fingerprint density at radius 1 is 0.947 bits per heavy atom. The number of non-ortho nitro benzene ring substituents is 1. The second-order valence-corrected chi connectivity index (χ2v) is 9.40. The van der Waals surface area contributed by atoms with Gasteiger partial charge < -0.3 is 16.4 Å². The standard InChI is InChI=1S/C27H21N7O3S/c1-16-14-25(33-27(28)30-16)38-21-9-6-19(7-10-21)32-26(35)17-2-4-18(5-3-17)31-24-12-13-29-23-11-8-20(34(36)37)15-22(23)24/h2-15H,1H3,(H,29,31)(H,32,35)(H2,28,30,33). The Labute approximate surface area is 221 Å². The number of aromatic nitrogens is 3. The van der Waals surface area contributed by atoms with Crippen molar-refractivity contribution in [3.63, 3.8) is 0 Å². The van der Waals surface area contributed by atoms with Gasteiger partial charge >= 0.3 is 0 Å².